The second kappa shape index (κ2) is 11.2. The van der Waals surface area contributed by atoms with Crippen molar-refractivity contribution in [2.45, 2.75) is 49.8 Å². The molecule has 1 unspecified atom stereocenters. The predicted molar refractivity (Wildman–Crippen MR) is 71.0 cm³/mol. The summed E-state index contributed by atoms with van der Waals surface area (Å²) in [6.45, 7) is 0.359. The smallest absolute Gasteiger partial charge is 0.0431 e. The fraction of sp³-hybridized carbons (Fsp3) is 1.00. The molecule has 1 atom stereocenters. The predicted octanol–water partition coefficient (Wildman–Crippen LogP) is 3.91. The molecule has 0 spiro atoms. The minimum absolute atomic E-state index is 0.359. The maximum atomic E-state index is 8.57. The molecular weight excluding hydrogens is 343 g/mol. The third kappa shape index (κ3) is 11.1. The van der Waals surface area contributed by atoms with Crippen LogP contribution in [-0.4, -0.2) is 21.0 Å². The van der Waals surface area contributed by atoms with Crippen LogP contribution in [0.2, 0.25) is 0 Å². The minimum atomic E-state index is 0.359. The van der Waals surface area contributed by atoms with Gasteiger partial charge in [0.05, 0.1) is 0 Å². The molecule has 0 amide bonds. The zero-order valence-electron chi connectivity index (χ0n) is 8.14. The molecule has 0 aliphatic heterocycles. The van der Waals surface area contributed by atoms with E-state index in [4.69, 9.17) is 5.11 Å². The summed E-state index contributed by atoms with van der Waals surface area (Å²) in [5.41, 5.74) is 0. The average molecular weight is 363 g/mol. The lowest BCUT2D eigenvalue weighted by molar-refractivity contribution is 0.282. The van der Waals surface area contributed by atoms with E-state index in [1.54, 1.807) is 0 Å². The highest BCUT2D eigenvalue weighted by Gasteiger charge is 2.00. The van der Waals surface area contributed by atoms with Gasteiger partial charge in [-0.15, -0.1) is 0 Å². The lowest BCUT2D eigenvalue weighted by atomic mass is 10.1. The van der Waals surface area contributed by atoms with E-state index in [1.807, 2.05) is 0 Å². The standard InChI is InChI=1S/C10H20BrIO/c11-10(9-12)7-5-3-1-2-4-6-8-13/h10,13H,1-9H2. The molecule has 0 heterocycles. The normalized spacial score (nSPS) is 13.2. The van der Waals surface area contributed by atoms with Crippen molar-refractivity contribution in [2.24, 2.45) is 0 Å². The largest absolute Gasteiger partial charge is 0.396 e. The number of hydrogen-bond acceptors (Lipinski definition) is 1. The van der Waals surface area contributed by atoms with Crippen LogP contribution in [-0.2, 0) is 0 Å². The first-order valence-corrected chi connectivity index (χ1v) is 7.56. The van der Waals surface area contributed by atoms with E-state index in [9.17, 15) is 0 Å². The number of unbranched alkanes of at least 4 members (excludes halogenated alkanes) is 5. The Balaban J connectivity index is 2.91. The molecule has 0 radical (unpaired) electrons. The quantitative estimate of drug-likeness (QED) is 0.374. The van der Waals surface area contributed by atoms with Gasteiger partial charge in [0.2, 0.25) is 0 Å². The van der Waals surface area contributed by atoms with Crippen molar-refractivity contribution >= 4 is 38.5 Å². The van der Waals surface area contributed by atoms with Gasteiger partial charge >= 0.3 is 0 Å². The average Bonchev–Trinajstić information content (AvgIpc) is 2.16. The highest BCUT2D eigenvalue weighted by atomic mass is 127. The van der Waals surface area contributed by atoms with E-state index in [0.29, 0.717) is 11.4 Å². The molecule has 13 heavy (non-hydrogen) atoms. The van der Waals surface area contributed by atoms with Gasteiger partial charge in [0.25, 0.3) is 0 Å². The Bertz CT molecular complexity index is 101. The van der Waals surface area contributed by atoms with Gasteiger partial charge in [0.15, 0.2) is 0 Å². The molecule has 0 saturated heterocycles. The summed E-state index contributed by atoms with van der Waals surface area (Å²) >= 11 is 6.05. The molecule has 0 aliphatic rings. The monoisotopic (exact) mass is 362 g/mol. The van der Waals surface area contributed by atoms with Gasteiger partial charge in [0, 0.05) is 15.9 Å². The van der Waals surface area contributed by atoms with Gasteiger partial charge in [-0.3, -0.25) is 0 Å². The Labute approximate surface area is 104 Å². The van der Waals surface area contributed by atoms with Crippen LogP contribution in [0, 0.1) is 0 Å². The molecule has 0 saturated carbocycles. The van der Waals surface area contributed by atoms with Gasteiger partial charge in [-0.05, 0) is 12.8 Å². The molecule has 80 valence electrons. The zero-order chi connectivity index (χ0) is 9.94. The van der Waals surface area contributed by atoms with E-state index in [0.717, 1.165) is 6.42 Å². The number of halogens is 2. The maximum absolute atomic E-state index is 8.57. The molecule has 0 aliphatic carbocycles. The third-order valence-electron chi connectivity index (χ3n) is 2.09. The number of aliphatic hydroxyl groups is 1. The summed E-state index contributed by atoms with van der Waals surface area (Å²) in [6, 6.07) is 0. The van der Waals surface area contributed by atoms with E-state index in [-0.39, 0.29) is 0 Å². The van der Waals surface area contributed by atoms with Crippen LogP contribution in [0.4, 0.5) is 0 Å². The summed E-state index contributed by atoms with van der Waals surface area (Å²) in [5.74, 6) is 0. The molecule has 1 N–H and O–H groups in total. The fourth-order valence-electron chi connectivity index (χ4n) is 1.26. The molecule has 1 nitrogen and oxygen atoms in total. The van der Waals surface area contributed by atoms with E-state index in [1.165, 1.54) is 43.0 Å². The van der Waals surface area contributed by atoms with Crippen LogP contribution in [0.1, 0.15) is 44.9 Å². The number of aliphatic hydroxyl groups excluding tert-OH is 1. The molecule has 3 heteroatoms. The van der Waals surface area contributed by atoms with Crippen LogP contribution in [0.5, 0.6) is 0 Å². The Kier molecular flexibility index (Phi) is 12.3. The summed E-state index contributed by atoms with van der Waals surface area (Å²) in [4.78, 5) is 0.713. The van der Waals surface area contributed by atoms with Crippen molar-refractivity contribution in [1.82, 2.24) is 0 Å². The van der Waals surface area contributed by atoms with Crippen molar-refractivity contribution in [2.75, 3.05) is 11.0 Å². The van der Waals surface area contributed by atoms with Gasteiger partial charge in [0.1, 0.15) is 0 Å². The first-order chi connectivity index (χ1) is 6.31. The summed E-state index contributed by atoms with van der Waals surface area (Å²) < 4.78 is 1.21. The molecule has 0 aromatic carbocycles. The van der Waals surface area contributed by atoms with Crippen molar-refractivity contribution in [1.29, 1.82) is 0 Å². The van der Waals surface area contributed by atoms with Crippen LogP contribution in [0.25, 0.3) is 0 Å². The van der Waals surface area contributed by atoms with Crippen molar-refractivity contribution in [3.8, 4) is 0 Å². The van der Waals surface area contributed by atoms with Gasteiger partial charge in [-0.2, -0.15) is 0 Å². The molecule has 0 fully saturated rings. The first-order valence-electron chi connectivity index (χ1n) is 5.12. The third-order valence-corrected chi connectivity index (χ3v) is 5.15. The topological polar surface area (TPSA) is 20.2 Å². The maximum Gasteiger partial charge on any atom is 0.0431 e. The van der Waals surface area contributed by atoms with E-state index in [2.05, 4.69) is 38.5 Å². The first kappa shape index (κ1) is 14.2. The molecule has 0 aromatic rings. The molecule has 0 rings (SSSR count). The van der Waals surface area contributed by atoms with Gasteiger partial charge < -0.3 is 5.11 Å². The van der Waals surface area contributed by atoms with E-state index < -0.39 is 0 Å². The second-order valence-corrected chi connectivity index (χ2v) is 5.56. The van der Waals surface area contributed by atoms with Crippen LogP contribution in [0.3, 0.4) is 0 Å². The number of rotatable bonds is 9. The van der Waals surface area contributed by atoms with Crippen LogP contribution in [0.15, 0.2) is 0 Å². The Morgan fingerprint density at radius 1 is 1.00 bits per heavy atom. The van der Waals surface area contributed by atoms with E-state index >= 15 is 0 Å². The van der Waals surface area contributed by atoms with Crippen LogP contribution >= 0.6 is 38.5 Å². The Hall–Kier alpha value is 1.17. The lowest BCUT2D eigenvalue weighted by Gasteiger charge is -2.04. The van der Waals surface area contributed by atoms with Crippen molar-refractivity contribution in [3.05, 3.63) is 0 Å². The Morgan fingerprint density at radius 2 is 1.54 bits per heavy atom. The van der Waals surface area contributed by atoms with Crippen molar-refractivity contribution < 1.29 is 5.11 Å². The highest BCUT2D eigenvalue weighted by Crippen LogP contribution is 2.14. The van der Waals surface area contributed by atoms with Gasteiger partial charge in [-0.25, -0.2) is 0 Å². The summed E-state index contributed by atoms with van der Waals surface area (Å²) in [5, 5.41) is 8.57. The summed E-state index contributed by atoms with van der Waals surface area (Å²) in [7, 11) is 0. The summed E-state index contributed by atoms with van der Waals surface area (Å²) in [6.07, 6.45) is 8.80. The van der Waals surface area contributed by atoms with Crippen molar-refractivity contribution in [3.63, 3.8) is 0 Å². The second-order valence-electron chi connectivity index (χ2n) is 3.39. The zero-order valence-corrected chi connectivity index (χ0v) is 11.9. The van der Waals surface area contributed by atoms with Crippen LogP contribution < -0.4 is 0 Å². The molecule has 0 bridgehead atoms. The SMILES string of the molecule is OCCCCCCCCC(Br)CI. The number of hydrogen-bond donors (Lipinski definition) is 1. The molecular formula is C10H20BrIO. The highest BCUT2D eigenvalue weighted by molar-refractivity contribution is 14.1. The number of alkyl halides is 2. The van der Waals surface area contributed by atoms with Gasteiger partial charge in [-0.1, -0.05) is 70.6 Å². The minimum Gasteiger partial charge on any atom is -0.396 e. The Morgan fingerprint density at radius 3 is 2.08 bits per heavy atom. The lowest BCUT2D eigenvalue weighted by Crippen LogP contribution is -1.97. The molecule has 0 aromatic heterocycles. The fourth-order valence-corrected chi connectivity index (χ4v) is 2.03.